The molecule has 0 radical (unpaired) electrons. The fourth-order valence-corrected chi connectivity index (χ4v) is 4.60. The van der Waals surface area contributed by atoms with Gasteiger partial charge < -0.3 is 14.6 Å². The SMILES string of the molecule is Cc1cc(C)cc(OCCOc2ccc(Br)cc2C2NC(C(=O)O)CS2)c1. The van der Waals surface area contributed by atoms with E-state index in [1.54, 1.807) is 11.8 Å². The summed E-state index contributed by atoms with van der Waals surface area (Å²) < 4.78 is 12.7. The van der Waals surface area contributed by atoms with Crippen molar-refractivity contribution in [2.24, 2.45) is 0 Å². The zero-order chi connectivity index (χ0) is 19.4. The molecule has 1 aliphatic rings. The van der Waals surface area contributed by atoms with E-state index in [0.29, 0.717) is 19.0 Å². The van der Waals surface area contributed by atoms with E-state index in [-0.39, 0.29) is 5.37 Å². The van der Waals surface area contributed by atoms with Gasteiger partial charge in [-0.25, -0.2) is 0 Å². The second-order valence-electron chi connectivity index (χ2n) is 6.47. The Bertz CT molecular complexity index is 809. The van der Waals surface area contributed by atoms with Gasteiger partial charge in [0, 0.05) is 15.8 Å². The Hall–Kier alpha value is -1.70. The van der Waals surface area contributed by atoms with Crippen molar-refractivity contribution < 1.29 is 19.4 Å². The van der Waals surface area contributed by atoms with Gasteiger partial charge in [-0.05, 0) is 55.3 Å². The first-order valence-corrected chi connectivity index (χ1v) is 10.5. The number of benzene rings is 2. The van der Waals surface area contributed by atoms with Gasteiger partial charge in [-0.1, -0.05) is 22.0 Å². The van der Waals surface area contributed by atoms with Gasteiger partial charge in [-0.15, -0.1) is 11.8 Å². The van der Waals surface area contributed by atoms with Gasteiger partial charge in [0.25, 0.3) is 0 Å². The minimum Gasteiger partial charge on any atom is -0.490 e. The molecule has 0 amide bonds. The molecule has 0 saturated carbocycles. The maximum Gasteiger partial charge on any atom is 0.321 e. The fourth-order valence-electron chi connectivity index (χ4n) is 2.98. The molecule has 27 heavy (non-hydrogen) atoms. The predicted molar refractivity (Wildman–Crippen MR) is 111 cm³/mol. The average Bonchev–Trinajstić information content (AvgIpc) is 3.09. The molecule has 2 aromatic rings. The number of hydrogen-bond donors (Lipinski definition) is 2. The first-order valence-electron chi connectivity index (χ1n) is 8.66. The van der Waals surface area contributed by atoms with Crippen LogP contribution in [-0.2, 0) is 4.79 Å². The summed E-state index contributed by atoms with van der Waals surface area (Å²) in [5.74, 6) is 1.27. The van der Waals surface area contributed by atoms with E-state index >= 15 is 0 Å². The molecule has 7 heteroatoms. The first kappa shape index (κ1) is 20.0. The van der Waals surface area contributed by atoms with E-state index in [4.69, 9.17) is 9.47 Å². The molecular weight excluding hydrogens is 430 g/mol. The molecule has 2 atom stereocenters. The van der Waals surface area contributed by atoms with Crippen LogP contribution in [0.1, 0.15) is 22.1 Å². The maximum absolute atomic E-state index is 11.2. The molecule has 1 heterocycles. The van der Waals surface area contributed by atoms with E-state index in [1.165, 1.54) is 11.1 Å². The summed E-state index contributed by atoms with van der Waals surface area (Å²) in [6.07, 6.45) is 0. The highest BCUT2D eigenvalue weighted by atomic mass is 79.9. The highest BCUT2D eigenvalue weighted by Crippen LogP contribution is 2.39. The summed E-state index contributed by atoms with van der Waals surface area (Å²) in [5, 5.41) is 12.2. The first-order chi connectivity index (χ1) is 12.9. The van der Waals surface area contributed by atoms with Crippen LogP contribution in [0.5, 0.6) is 11.5 Å². The zero-order valence-electron chi connectivity index (χ0n) is 15.2. The number of halogens is 1. The van der Waals surface area contributed by atoms with Crippen LogP contribution in [0.15, 0.2) is 40.9 Å². The molecule has 2 aromatic carbocycles. The van der Waals surface area contributed by atoms with E-state index in [2.05, 4.69) is 27.3 Å². The lowest BCUT2D eigenvalue weighted by Crippen LogP contribution is -2.33. The van der Waals surface area contributed by atoms with Crippen molar-refractivity contribution in [2.45, 2.75) is 25.3 Å². The molecule has 0 aliphatic carbocycles. The smallest absolute Gasteiger partial charge is 0.321 e. The van der Waals surface area contributed by atoms with Crippen LogP contribution in [0.2, 0.25) is 0 Å². The van der Waals surface area contributed by atoms with Gasteiger partial charge in [0.1, 0.15) is 30.8 Å². The molecule has 2 unspecified atom stereocenters. The summed E-state index contributed by atoms with van der Waals surface area (Å²) in [5.41, 5.74) is 3.27. The van der Waals surface area contributed by atoms with E-state index < -0.39 is 12.0 Å². The van der Waals surface area contributed by atoms with E-state index in [0.717, 1.165) is 21.5 Å². The number of rotatable bonds is 7. The van der Waals surface area contributed by atoms with Crippen molar-refractivity contribution in [3.63, 3.8) is 0 Å². The van der Waals surface area contributed by atoms with Crippen molar-refractivity contribution >= 4 is 33.7 Å². The van der Waals surface area contributed by atoms with Crippen LogP contribution in [0, 0.1) is 13.8 Å². The van der Waals surface area contributed by atoms with Crippen molar-refractivity contribution in [3.8, 4) is 11.5 Å². The summed E-state index contributed by atoms with van der Waals surface area (Å²) in [6.45, 7) is 4.92. The molecule has 1 aliphatic heterocycles. The molecule has 0 aromatic heterocycles. The third-order valence-corrected chi connectivity index (χ3v) is 5.88. The lowest BCUT2D eigenvalue weighted by molar-refractivity contribution is -0.138. The molecule has 3 rings (SSSR count). The largest absolute Gasteiger partial charge is 0.490 e. The summed E-state index contributed by atoms with van der Waals surface area (Å²) in [7, 11) is 0. The lowest BCUT2D eigenvalue weighted by atomic mass is 10.1. The van der Waals surface area contributed by atoms with Gasteiger partial charge in [0.2, 0.25) is 0 Å². The summed E-state index contributed by atoms with van der Waals surface area (Å²) in [4.78, 5) is 11.2. The number of aryl methyl sites for hydroxylation is 2. The van der Waals surface area contributed by atoms with Crippen LogP contribution >= 0.6 is 27.7 Å². The quantitative estimate of drug-likeness (QED) is 0.611. The molecule has 1 saturated heterocycles. The van der Waals surface area contributed by atoms with Crippen LogP contribution < -0.4 is 14.8 Å². The number of aliphatic carboxylic acids is 1. The number of carboxylic acid groups (broad SMARTS) is 1. The Labute approximate surface area is 171 Å². The summed E-state index contributed by atoms with van der Waals surface area (Å²) in [6, 6.07) is 11.3. The van der Waals surface area contributed by atoms with Gasteiger partial charge in [-0.3, -0.25) is 10.1 Å². The zero-order valence-corrected chi connectivity index (χ0v) is 17.6. The van der Waals surface area contributed by atoms with Crippen LogP contribution in [0.25, 0.3) is 0 Å². The highest BCUT2D eigenvalue weighted by molar-refractivity contribution is 9.10. The number of ether oxygens (including phenoxy) is 2. The Balaban J connectivity index is 1.61. The number of carbonyl (C=O) groups is 1. The Morgan fingerprint density at radius 1 is 1.19 bits per heavy atom. The van der Waals surface area contributed by atoms with Gasteiger partial charge in [-0.2, -0.15) is 0 Å². The number of hydrogen-bond acceptors (Lipinski definition) is 5. The minimum atomic E-state index is -0.829. The third-order valence-electron chi connectivity index (χ3n) is 4.14. The molecule has 1 fully saturated rings. The monoisotopic (exact) mass is 451 g/mol. The van der Waals surface area contributed by atoms with Crippen LogP contribution in [-0.4, -0.2) is 36.1 Å². The molecule has 5 nitrogen and oxygen atoms in total. The third kappa shape index (κ3) is 5.40. The lowest BCUT2D eigenvalue weighted by Gasteiger charge is -2.17. The standard InChI is InChI=1S/C20H22BrNO4S/c1-12-7-13(2)9-15(8-12)25-5-6-26-18-4-3-14(21)10-16(18)19-22-17(11-27-19)20(23)24/h3-4,7-10,17,19,22H,5-6,11H2,1-2H3,(H,23,24). The van der Waals surface area contributed by atoms with E-state index in [9.17, 15) is 9.90 Å². The van der Waals surface area contributed by atoms with Crippen molar-refractivity contribution in [3.05, 3.63) is 57.6 Å². The van der Waals surface area contributed by atoms with Crippen molar-refractivity contribution in [2.75, 3.05) is 19.0 Å². The van der Waals surface area contributed by atoms with Crippen LogP contribution in [0.3, 0.4) is 0 Å². The molecule has 2 N–H and O–H groups in total. The van der Waals surface area contributed by atoms with Crippen molar-refractivity contribution in [1.82, 2.24) is 5.32 Å². The van der Waals surface area contributed by atoms with Gasteiger partial charge in [0.15, 0.2) is 0 Å². The van der Waals surface area contributed by atoms with Crippen molar-refractivity contribution in [1.29, 1.82) is 0 Å². The fraction of sp³-hybridized carbons (Fsp3) is 0.350. The van der Waals surface area contributed by atoms with Gasteiger partial charge >= 0.3 is 5.97 Å². The second kappa shape index (κ2) is 8.99. The van der Waals surface area contributed by atoms with E-state index in [1.807, 2.05) is 44.2 Å². The summed E-state index contributed by atoms with van der Waals surface area (Å²) >= 11 is 5.05. The maximum atomic E-state index is 11.2. The average molecular weight is 452 g/mol. The Morgan fingerprint density at radius 3 is 2.56 bits per heavy atom. The Morgan fingerprint density at radius 2 is 1.89 bits per heavy atom. The number of nitrogens with one attached hydrogen (secondary N) is 1. The molecule has 0 bridgehead atoms. The predicted octanol–water partition coefficient (Wildman–Crippen LogP) is 4.31. The second-order valence-corrected chi connectivity index (χ2v) is 8.53. The normalized spacial score (nSPS) is 19.1. The molecule has 0 spiro atoms. The topological polar surface area (TPSA) is 67.8 Å². The van der Waals surface area contributed by atoms with Crippen LogP contribution in [0.4, 0.5) is 0 Å². The number of thioether (sulfide) groups is 1. The minimum absolute atomic E-state index is 0.112. The van der Waals surface area contributed by atoms with Gasteiger partial charge in [0.05, 0.1) is 5.37 Å². The molecular formula is C20H22BrNO4S. The molecule has 144 valence electrons. The highest BCUT2D eigenvalue weighted by Gasteiger charge is 2.32. The number of carboxylic acids is 1. The Kier molecular flexibility index (Phi) is 6.68.